The minimum atomic E-state index is -3.70. The summed E-state index contributed by atoms with van der Waals surface area (Å²) in [5, 5.41) is 0. The monoisotopic (exact) mass is 447 g/mol. The summed E-state index contributed by atoms with van der Waals surface area (Å²) < 4.78 is 45.3. The predicted molar refractivity (Wildman–Crippen MR) is 115 cm³/mol. The Hall–Kier alpha value is -2.65. The summed E-state index contributed by atoms with van der Waals surface area (Å²) in [6.07, 6.45) is 1.92. The second-order valence-electron chi connectivity index (χ2n) is 7.76. The maximum atomic E-state index is 13.1. The van der Waals surface area contributed by atoms with Gasteiger partial charge in [0.05, 0.1) is 18.6 Å². The average Bonchev–Trinajstić information content (AvgIpc) is 2.79. The van der Waals surface area contributed by atoms with E-state index in [9.17, 15) is 17.6 Å². The van der Waals surface area contributed by atoms with Crippen molar-refractivity contribution in [3.05, 3.63) is 53.8 Å². The fourth-order valence-corrected chi connectivity index (χ4v) is 5.56. The van der Waals surface area contributed by atoms with Crippen LogP contribution in [0.1, 0.15) is 12.0 Å². The van der Waals surface area contributed by atoms with Gasteiger partial charge in [0.25, 0.3) is 0 Å². The molecule has 0 saturated carbocycles. The van der Waals surface area contributed by atoms with Crippen molar-refractivity contribution in [1.82, 2.24) is 9.21 Å². The number of sulfonamides is 1. The molecule has 0 N–H and O–H groups in total. The van der Waals surface area contributed by atoms with Crippen molar-refractivity contribution in [3.63, 3.8) is 0 Å². The molecule has 2 aliphatic rings. The van der Waals surface area contributed by atoms with Gasteiger partial charge in [0.15, 0.2) is 0 Å². The van der Waals surface area contributed by atoms with Crippen molar-refractivity contribution in [2.75, 3.05) is 51.3 Å². The molecule has 0 atom stereocenters. The second-order valence-corrected chi connectivity index (χ2v) is 9.70. The Morgan fingerprint density at radius 2 is 1.74 bits per heavy atom. The van der Waals surface area contributed by atoms with Crippen LogP contribution in [0.2, 0.25) is 0 Å². The van der Waals surface area contributed by atoms with Crippen LogP contribution in [0.5, 0.6) is 5.75 Å². The molecule has 2 aromatic rings. The van der Waals surface area contributed by atoms with Gasteiger partial charge in [0.2, 0.25) is 15.9 Å². The molecule has 2 heterocycles. The first kappa shape index (κ1) is 21.6. The Kier molecular flexibility index (Phi) is 6.15. The number of aryl methyl sites for hydroxylation is 1. The summed E-state index contributed by atoms with van der Waals surface area (Å²) in [4.78, 5) is 16.8. The first-order chi connectivity index (χ1) is 14.9. The van der Waals surface area contributed by atoms with E-state index in [2.05, 4.69) is 4.90 Å². The minimum absolute atomic E-state index is 0.0116. The number of hydrogen-bond donors (Lipinski definition) is 0. The molecule has 1 amide bonds. The maximum absolute atomic E-state index is 13.1. The predicted octanol–water partition coefficient (Wildman–Crippen LogP) is 2.12. The van der Waals surface area contributed by atoms with Crippen LogP contribution in [-0.4, -0.2) is 69.9 Å². The molecule has 9 heteroatoms. The molecule has 166 valence electrons. The molecule has 0 unspecified atom stereocenters. The first-order valence-corrected chi connectivity index (χ1v) is 11.8. The van der Waals surface area contributed by atoms with E-state index >= 15 is 0 Å². The number of rotatable bonds is 5. The number of nitrogens with zero attached hydrogens (tertiary/aromatic N) is 3. The molecule has 1 saturated heterocycles. The quantitative estimate of drug-likeness (QED) is 0.702. The number of piperazine rings is 1. The lowest BCUT2D eigenvalue weighted by Crippen LogP contribution is -2.52. The molecular formula is C22H26FN3O4S. The molecule has 4 rings (SSSR count). The van der Waals surface area contributed by atoms with Gasteiger partial charge in [0.1, 0.15) is 11.6 Å². The van der Waals surface area contributed by atoms with Crippen LogP contribution in [0, 0.1) is 5.82 Å². The molecule has 0 spiro atoms. The van der Waals surface area contributed by atoms with Crippen LogP contribution in [0.4, 0.5) is 10.1 Å². The molecule has 2 aromatic carbocycles. The zero-order chi connectivity index (χ0) is 22.0. The highest BCUT2D eigenvalue weighted by Crippen LogP contribution is 2.30. The first-order valence-electron chi connectivity index (χ1n) is 10.3. The van der Waals surface area contributed by atoms with Crippen molar-refractivity contribution in [2.24, 2.45) is 0 Å². The van der Waals surface area contributed by atoms with Gasteiger partial charge >= 0.3 is 0 Å². The minimum Gasteiger partial charge on any atom is -0.497 e. The number of carbonyl (C=O) groups excluding carboxylic acids is 1. The van der Waals surface area contributed by atoms with Crippen LogP contribution in [-0.2, 0) is 21.2 Å². The van der Waals surface area contributed by atoms with Crippen LogP contribution in [0.3, 0.4) is 0 Å². The van der Waals surface area contributed by atoms with Crippen molar-refractivity contribution < 1.29 is 22.3 Å². The number of carbonyl (C=O) groups is 1. The lowest BCUT2D eigenvalue weighted by Gasteiger charge is -2.37. The van der Waals surface area contributed by atoms with E-state index in [1.807, 2.05) is 18.2 Å². The standard InChI is InChI=1S/C22H26FN3O4S/c1-30-19-6-9-21-17(15-19)3-2-10-25(21)16-22(27)24-11-13-26(14-12-24)31(28,29)20-7-4-18(23)5-8-20/h4-9,15H,2-3,10-14,16H2,1H3. The average molecular weight is 448 g/mol. The van der Waals surface area contributed by atoms with Crippen LogP contribution in [0.25, 0.3) is 0 Å². The Balaban J connectivity index is 1.38. The lowest BCUT2D eigenvalue weighted by atomic mass is 10.0. The SMILES string of the molecule is COc1ccc2c(c1)CCCN2CC(=O)N1CCN(S(=O)(=O)c2ccc(F)cc2)CC1. The van der Waals surface area contributed by atoms with Gasteiger partial charge in [-0.1, -0.05) is 0 Å². The molecular weight excluding hydrogens is 421 g/mol. The highest BCUT2D eigenvalue weighted by atomic mass is 32.2. The van der Waals surface area contributed by atoms with E-state index in [0.29, 0.717) is 13.1 Å². The van der Waals surface area contributed by atoms with Gasteiger partial charge in [-0.2, -0.15) is 4.31 Å². The Labute approximate surface area is 182 Å². The van der Waals surface area contributed by atoms with Gasteiger partial charge in [-0.15, -0.1) is 0 Å². The summed E-state index contributed by atoms with van der Waals surface area (Å²) in [5.41, 5.74) is 2.23. The number of fused-ring (bicyclic) bond motifs is 1. The van der Waals surface area contributed by atoms with Crippen molar-refractivity contribution in [1.29, 1.82) is 0 Å². The number of anilines is 1. The summed E-state index contributed by atoms with van der Waals surface area (Å²) >= 11 is 0. The fraction of sp³-hybridized carbons (Fsp3) is 0.409. The highest BCUT2D eigenvalue weighted by molar-refractivity contribution is 7.89. The topological polar surface area (TPSA) is 70.2 Å². The second kappa shape index (κ2) is 8.84. The number of halogens is 1. The lowest BCUT2D eigenvalue weighted by molar-refractivity contribution is -0.130. The molecule has 31 heavy (non-hydrogen) atoms. The maximum Gasteiger partial charge on any atom is 0.243 e. The van der Waals surface area contributed by atoms with Crippen molar-refractivity contribution in [3.8, 4) is 5.75 Å². The van der Waals surface area contributed by atoms with E-state index in [-0.39, 0.29) is 30.4 Å². The molecule has 0 aliphatic carbocycles. The van der Waals surface area contributed by atoms with E-state index in [0.717, 1.165) is 43.0 Å². The zero-order valence-electron chi connectivity index (χ0n) is 17.5. The molecule has 2 aliphatic heterocycles. The smallest absolute Gasteiger partial charge is 0.243 e. The van der Waals surface area contributed by atoms with Crippen molar-refractivity contribution in [2.45, 2.75) is 17.7 Å². The van der Waals surface area contributed by atoms with E-state index in [1.165, 1.54) is 22.0 Å². The van der Waals surface area contributed by atoms with Gasteiger partial charge in [-0.05, 0) is 60.9 Å². The third kappa shape index (κ3) is 4.52. The van der Waals surface area contributed by atoms with E-state index in [1.54, 1.807) is 12.0 Å². The number of amides is 1. The van der Waals surface area contributed by atoms with Gasteiger partial charge in [-0.25, -0.2) is 12.8 Å². The Morgan fingerprint density at radius 3 is 2.42 bits per heavy atom. The summed E-state index contributed by atoms with van der Waals surface area (Å²) in [6.45, 7) is 2.19. The molecule has 0 bridgehead atoms. The number of benzene rings is 2. The summed E-state index contributed by atoms with van der Waals surface area (Å²) in [5.74, 6) is 0.319. The highest BCUT2D eigenvalue weighted by Gasteiger charge is 2.31. The molecule has 1 fully saturated rings. The molecule has 0 radical (unpaired) electrons. The van der Waals surface area contributed by atoms with Crippen LogP contribution >= 0.6 is 0 Å². The summed E-state index contributed by atoms with van der Waals surface area (Å²) in [7, 11) is -2.05. The van der Waals surface area contributed by atoms with E-state index in [4.69, 9.17) is 4.74 Å². The Morgan fingerprint density at radius 1 is 1.03 bits per heavy atom. The van der Waals surface area contributed by atoms with E-state index < -0.39 is 15.8 Å². The number of methoxy groups -OCH3 is 1. The third-order valence-corrected chi connectivity index (χ3v) is 7.78. The molecule has 7 nitrogen and oxygen atoms in total. The normalized spacial score (nSPS) is 17.4. The zero-order valence-corrected chi connectivity index (χ0v) is 18.3. The number of hydrogen-bond acceptors (Lipinski definition) is 5. The van der Waals surface area contributed by atoms with Gasteiger partial charge < -0.3 is 14.5 Å². The summed E-state index contributed by atoms with van der Waals surface area (Å²) in [6, 6.07) is 10.7. The Bertz CT molecular complexity index is 1050. The largest absolute Gasteiger partial charge is 0.497 e. The third-order valence-electron chi connectivity index (χ3n) is 5.87. The molecule has 0 aromatic heterocycles. The van der Waals surface area contributed by atoms with Gasteiger partial charge in [0, 0.05) is 38.4 Å². The fourth-order valence-electron chi connectivity index (χ4n) is 4.14. The van der Waals surface area contributed by atoms with Crippen LogP contribution < -0.4 is 9.64 Å². The van der Waals surface area contributed by atoms with Crippen molar-refractivity contribution >= 4 is 21.6 Å². The van der Waals surface area contributed by atoms with Gasteiger partial charge in [-0.3, -0.25) is 4.79 Å². The number of ether oxygens (including phenoxy) is 1. The van der Waals surface area contributed by atoms with Crippen LogP contribution in [0.15, 0.2) is 47.4 Å².